The number of hydrogen-bond acceptors (Lipinski definition) is 1. The first kappa shape index (κ1) is 12.9. The number of rotatable bonds is 8. The van der Waals surface area contributed by atoms with E-state index in [1.807, 2.05) is 6.92 Å². The van der Waals surface area contributed by atoms with Crippen LogP contribution in [0.5, 0.6) is 0 Å². The van der Waals surface area contributed by atoms with Crippen LogP contribution in [0.4, 0.5) is 4.39 Å². The Labute approximate surface area is 81.9 Å². The molecule has 2 N–H and O–H groups in total. The summed E-state index contributed by atoms with van der Waals surface area (Å²) in [6.07, 6.45) is 6.71. The van der Waals surface area contributed by atoms with Crippen molar-refractivity contribution in [3.8, 4) is 0 Å². The normalized spacial score (nSPS) is 15.7. The molecule has 13 heavy (non-hydrogen) atoms. The van der Waals surface area contributed by atoms with Gasteiger partial charge in [-0.1, -0.05) is 46.0 Å². The van der Waals surface area contributed by atoms with Crippen molar-refractivity contribution < 1.29 is 4.39 Å². The summed E-state index contributed by atoms with van der Waals surface area (Å²) in [7, 11) is 0. The molecule has 2 heteroatoms. The lowest BCUT2D eigenvalue weighted by Crippen LogP contribution is -2.32. The van der Waals surface area contributed by atoms with Gasteiger partial charge in [0.15, 0.2) is 0 Å². The number of hydrogen-bond donors (Lipinski definition) is 1. The van der Waals surface area contributed by atoms with Gasteiger partial charge in [0.25, 0.3) is 0 Å². The van der Waals surface area contributed by atoms with Gasteiger partial charge in [-0.2, -0.15) is 0 Å². The molecule has 0 aromatic carbocycles. The molecule has 0 saturated heterocycles. The van der Waals surface area contributed by atoms with E-state index in [1.165, 1.54) is 12.8 Å². The van der Waals surface area contributed by atoms with Crippen LogP contribution >= 0.6 is 0 Å². The topological polar surface area (TPSA) is 26.0 Å². The molecule has 1 atom stereocenters. The maximum atomic E-state index is 13.8. The minimum absolute atomic E-state index is 0.187. The number of nitrogens with two attached hydrogens (primary N) is 1. The molecule has 1 nitrogen and oxygen atoms in total. The first-order chi connectivity index (χ1) is 6.18. The fraction of sp³-hybridized carbons (Fsp3) is 1.00. The Balaban J connectivity index is 3.57. The molecule has 0 spiro atoms. The summed E-state index contributed by atoms with van der Waals surface area (Å²) in [5.74, 6) is 0. The minimum atomic E-state index is -1.08. The van der Waals surface area contributed by atoms with E-state index in [0.717, 1.165) is 19.3 Å². The molecule has 0 aromatic rings. The van der Waals surface area contributed by atoms with E-state index < -0.39 is 5.67 Å². The summed E-state index contributed by atoms with van der Waals surface area (Å²) in [4.78, 5) is 0. The first-order valence-electron chi connectivity index (χ1n) is 5.57. The van der Waals surface area contributed by atoms with E-state index in [0.29, 0.717) is 12.8 Å². The Morgan fingerprint density at radius 2 is 1.69 bits per heavy atom. The number of alkyl halides is 1. The Bertz CT molecular complexity index is 117. The van der Waals surface area contributed by atoms with Crippen LogP contribution in [0, 0.1) is 0 Å². The van der Waals surface area contributed by atoms with Gasteiger partial charge >= 0.3 is 0 Å². The fourth-order valence-electron chi connectivity index (χ4n) is 1.65. The van der Waals surface area contributed by atoms with E-state index in [-0.39, 0.29) is 6.54 Å². The quantitative estimate of drug-likeness (QED) is 0.582. The van der Waals surface area contributed by atoms with E-state index in [2.05, 4.69) is 6.92 Å². The van der Waals surface area contributed by atoms with Gasteiger partial charge in [0.05, 0.1) is 0 Å². The zero-order chi connectivity index (χ0) is 10.2. The highest BCUT2D eigenvalue weighted by atomic mass is 19.1. The molecular formula is C11H24FN. The molecular weight excluding hydrogens is 165 g/mol. The second kappa shape index (κ2) is 7.31. The molecule has 0 saturated carbocycles. The van der Waals surface area contributed by atoms with Gasteiger partial charge in [0.1, 0.15) is 5.67 Å². The molecule has 0 radical (unpaired) electrons. The van der Waals surface area contributed by atoms with Crippen molar-refractivity contribution in [3.63, 3.8) is 0 Å². The van der Waals surface area contributed by atoms with Crippen molar-refractivity contribution >= 4 is 0 Å². The smallest absolute Gasteiger partial charge is 0.123 e. The van der Waals surface area contributed by atoms with Gasteiger partial charge in [-0.05, 0) is 12.8 Å². The van der Waals surface area contributed by atoms with E-state index in [4.69, 9.17) is 5.73 Å². The summed E-state index contributed by atoms with van der Waals surface area (Å²) in [5.41, 5.74) is 4.35. The van der Waals surface area contributed by atoms with Gasteiger partial charge in [-0.25, -0.2) is 4.39 Å². The second-order valence-corrected chi connectivity index (χ2v) is 3.92. The van der Waals surface area contributed by atoms with Crippen LogP contribution < -0.4 is 5.73 Å². The van der Waals surface area contributed by atoms with Gasteiger partial charge in [-0.15, -0.1) is 0 Å². The highest BCUT2D eigenvalue weighted by Crippen LogP contribution is 2.24. The standard InChI is InChI=1S/C11H24FN/c1-3-5-6-7-9-11(12,10-13)8-4-2/h3-10,13H2,1-2H3. The molecule has 0 aliphatic heterocycles. The summed E-state index contributed by atoms with van der Waals surface area (Å²) >= 11 is 0. The minimum Gasteiger partial charge on any atom is -0.328 e. The Hall–Kier alpha value is -0.110. The second-order valence-electron chi connectivity index (χ2n) is 3.92. The molecule has 0 aliphatic carbocycles. The van der Waals surface area contributed by atoms with Crippen molar-refractivity contribution in [3.05, 3.63) is 0 Å². The van der Waals surface area contributed by atoms with Gasteiger partial charge in [0.2, 0.25) is 0 Å². The molecule has 80 valence electrons. The molecule has 1 unspecified atom stereocenters. The highest BCUT2D eigenvalue weighted by Gasteiger charge is 2.25. The van der Waals surface area contributed by atoms with Crippen LogP contribution in [-0.4, -0.2) is 12.2 Å². The highest BCUT2D eigenvalue weighted by molar-refractivity contribution is 4.79. The van der Waals surface area contributed by atoms with E-state index in [1.54, 1.807) is 0 Å². The summed E-state index contributed by atoms with van der Waals surface area (Å²) in [6, 6.07) is 0. The average Bonchev–Trinajstić information content (AvgIpc) is 2.13. The SMILES string of the molecule is CCCCCCC(F)(CN)CCC. The van der Waals surface area contributed by atoms with Crippen molar-refractivity contribution in [1.82, 2.24) is 0 Å². The Morgan fingerprint density at radius 3 is 2.15 bits per heavy atom. The van der Waals surface area contributed by atoms with E-state index in [9.17, 15) is 4.39 Å². The zero-order valence-electron chi connectivity index (χ0n) is 9.11. The van der Waals surface area contributed by atoms with Gasteiger partial charge < -0.3 is 5.73 Å². The molecule has 0 fully saturated rings. The Kier molecular flexibility index (Phi) is 7.25. The van der Waals surface area contributed by atoms with Crippen molar-refractivity contribution in [2.24, 2.45) is 5.73 Å². The maximum Gasteiger partial charge on any atom is 0.123 e. The maximum absolute atomic E-state index is 13.8. The average molecular weight is 189 g/mol. The Morgan fingerprint density at radius 1 is 1.00 bits per heavy atom. The predicted octanol–water partition coefficient (Wildman–Crippen LogP) is 3.42. The fourth-order valence-corrected chi connectivity index (χ4v) is 1.65. The van der Waals surface area contributed by atoms with Crippen LogP contribution in [-0.2, 0) is 0 Å². The lowest BCUT2D eigenvalue weighted by Gasteiger charge is -2.22. The zero-order valence-corrected chi connectivity index (χ0v) is 9.11. The van der Waals surface area contributed by atoms with Crippen molar-refractivity contribution in [2.75, 3.05) is 6.54 Å². The molecule has 0 aliphatic rings. The molecule has 0 heterocycles. The van der Waals surface area contributed by atoms with Crippen molar-refractivity contribution in [2.45, 2.75) is 64.5 Å². The lowest BCUT2D eigenvalue weighted by atomic mass is 9.93. The molecule has 0 rings (SSSR count). The van der Waals surface area contributed by atoms with Crippen LogP contribution in [0.25, 0.3) is 0 Å². The summed E-state index contributed by atoms with van der Waals surface area (Å²) < 4.78 is 13.8. The van der Waals surface area contributed by atoms with E-state index >= 15 is 0 Å². The molecule has 0 bridgehead atoms. The molecule has 0 aromatic heterocycles. The third-order valence-corrected chi connectivity index (χ3v) is 2.54. The van der Waals surface area contributed by atoms with Crippen LogP contribution in [0.1, 0.15) is 58.8 Å². The van der Waals surface area contributed by atoms with Gasteiger partial charge in [0, 0.05) is 6.54 Å². The largest absolute Gasteiger partial charge is 0.328 e. The summed E-state index contributed by atoms with van der Waals surface area (Å²) in [5, 5.41) is 0. The first-order valence-corrected chi connectivity index (χ1v) is 5.57. The molecule has 0 amide bonds. The third-order valence-electron chi connectivity index (χ3n) is 2.54. The lowest BCUT2D eigenvalue weighted by molar-refractivity contribution is 0.141. The number of halogens is 1. The monoisotopic (exact) mass is 189 g/mol. The van der Waals surface area contributed by atoms with Crippen LogP contribution in [0.15, 0.2) is 0 Å². The summed E-state index contributed by atoms with van der Waals surface area (Å²) in [6.45, 7) is 4.36. The van der Waals surface area contributed by atoms with Crippen LogP contribution in [0.2, 0.25) is 0 Å². The third kappa shape index (κ3) is 6.03. The van der Waals surface area contributed by atoms with Crippen molar-refractivity contribution in [1.29, 1.82) is 0 Å². The number of unbranched alkanes of at least 4 members (excludes halogenated alkanes) is 3. The predicted molar refractivity (Wildman–Crippen MR) is 56.6 cm³/mol. The van der Waals surface area contributed by atoms with Gasteiger partial charge in [-0.3, -0.25) is 0 Å². The van der Waals surface area contributed by atoms with Crippen LogP contribution in [0.3, 0.4) is 0 Å².